The fraction of sp³-hybridized carbons (Fsp3) is 0.538. The maximum absolute atomic E-state index is 6.25. The zero-order valence-electron chi connectivity index (χ0n) is 9.84. The molecule has 1 rings (SSSR count). The molecule has 90 valence electrons. The monoisotopic (exact) mass is 351 g/mol. The minimum atomic E-state index is 0.107. The maximum atomic E-state index is 6.25. The van der Waals surface area contributed by atoms with Crippen LogP contribution in [-0.4, -0.2) is 0 Å². The molecule has 0 bridgehead atoms. The van der Waals surface area contributed by atoms with E-state index in [1.165, 1.54) is 22.0 Å². The lowest BCUT2D eigenvalue weighted by Crippen LogP contribution is -2.16. The smallest absolute Gasteiger partial charge is 0.0410 e. The van der Waals surface area contributed by atoms with Gasteiger partial charge < -0.3 is 5.73 Å². The van der Waals surface area contributed by atoms with Crippen molar-refractivity contribution in [2.45, 2.75) is 39.2 Å². The molecule has 1 aromatic carbocycles. The lowest BCUT2D eigenvalue weighted by molar-refractivity contribution is 0.414. The highest BCUT2D eigenvalue weighted by molar-refractivity contribution is 14.1. The first-order chi connectivity index (χ1) is 7.58. The summed E-state index contributed by atoms with van der Waals surface area (Å²) in [5, 5.41) is 0.774. The summed E-state index contributed by atoms with van der Waals surface area (Å²) in [6, 6.07) is 6.05. The van der Waals surface area contributed by atoms with Gasteiger partial charge in [-0.1, -0.05) is 38.3 Å². The average molecular weight is 352 g/mol. The molecule has 0 aliphatic carbocycles. The van der Waals surface area contributed by atoms with E-state index in [1.807, 2.05) is 18.2 Å². The molecule has 0 aromatic heterocycles. The summed E-state index contributed by atoms with van der Waals surface area (Å²) in [7, 11) is 0. The summed E-state index contributed by atoms with van der Waals surface area (Å²) in [6.45, 7) is 4.45. The number of hydrogen-bond donors (Lipinski definition) is 1. The molecule has 0 saturated heterocycles. The van der Waals surface area contributed by atoms with Crippen LogP contribution in [0.1, 0.15) is 44.7 Å². The van der Waals surface area contributed by atoms with Crippen LogP contribution in [0.5, 0.6) is 0 Å². The molecule has 0 amide bonds. The molecule has 2 N–H and O–H groups in total. The van der Waals surface area contributed by atoms with Gasteiger partial charge in [-0.05, 0) is 58.7 Å². The number of halogens is 2. The minimum Gasteiger partial charge on any atom is -0.324 e. The van der Waals surface area contributed by atoms with Crippen molar-refractivity contribution in [1.29, 1.82) is 0 Å². The van der Waals surface area contributed by atoms with E-state index in [2.05, 4.69) is 36.4 Å². The predicted octanol–water partition coefficient (Wildman–Crippen LogP) is 4.77. The molecule has 1 unspecified atom stereocenters. The van der Waals surface area contributed by atoms with Gasteiger partial charge in [-0.2, -0.15) is 0 Å². The lowest BCUT2D eigenvalue weighted by Gasteiger charge is -2.19. The largest absolute Gasteiger partial charge is 0.324 e. The van der Waals surface area contributed by atoms with E-state index in [1.54, 1.807) is 0 Å². The number of nitrogens with two attached hydrogens (primary N) is 1. The topological polar surface area (TPSA) is 26.0 Å². The van der Waals surface area contributed by atoms with Gasteiger partial charge in [0.05, 0.1) is 0 Å². The molecule has 0 fully saturated rings. The molecule has 3 heteroatoms. The minimum absolute atomic E-state index is 0.107. The van der Waals surface area contributed by atoms with E-state index in [0.29, 0.717) is 5.92 Å². The molecule has 16 heavy (non-hydrogen) atoms. The van der Waals surface area contributed by atoms with Gasteiger partial charge in [-0.15, -0.1) is 0 Å². The number of hydrogen-bond acceptors (Lipinski definition) is 1. The van der Waals surface area contributed by atoms with Gasteiger partial charge in [-0.25, -0.2) is 0 Å². The van der Waals surface area contributed by atoms with E-state index in [-0.39, 0.29) is 6.04 Å². The molecule has 0 saturated carbocycles. The molecular weight excluding hydrogens is 333 g/mol. The van der Waals surface area contributed by atoms with Crippen molar-refractivity contribution in [3.05, 3.63) is 32.4 Å². The SMILES string of the molecule is CCC(CC)CC(N)c1cc(Cl)ccc1I. The van der Waals surface area contributed by atoms with Crippen molar-refractivity contribution < 1.29 is 0 Å². The van der Waals surface area contributed by atoms with Gasteiger partial charge in [0.15, 0.2) is 0 Å². The number of benzene rings is 1. The Labute approximate surface area is 117 Å². The van der Waals surface area contributed by atoms with Crippen LogP contribution in [0.4, 0.5) is 0 Å². The second-order valence-electron chi connectivity index (χ2n) is 4.19. The summed E-state index contributed by atoms with van der Waals surface area (Å²) in [5.41, 5.74) is 7.43. The van der Waals surface area contributed by atoms with Crippen molar-refractivity contribution in [3.8, 4) is 0 Å². The van der Waals surface area contributed by atoms with Gasteiger partial charge in [0.1, 0.15) is 0 Å². The van der Waals surface area contributed by atoms with Gasteiger partial charge in [0.2, 0.25) is 0 Å². The third-order valence-corrected chi connectivity index (χ3v) is 4.32. The molecule has 1 atom stereocenters. The third-order valence-electron chi connectivity index (χ3n) is 3.10. The zero-order chi connectivity index (χ0) is 12.1. The second kappa shape index (κ2) is 6.82. The summed E-state index contributed by atoms with van der Waals surface area (Å²) >= 11 is 8.33. The second-order valence-corrected chi connectivity index (χ2v) is 5.79. The highest BCUT2D eigenvalue weighted by Crippen LogP contribution is 2.28. The van der Waals surface area contributed by atoms with E-state index >= 15 is 0 Å². The van der Waals surface area contributed by atoms with Gasteiger partial charge >= 0.3 is 0 Å². The summed E-state index contributed by atoms with van der Waals surface area (Å²) in [6.07, 6.45) is 3.44. The van der Waals surface area contributed by atoms with Crippen molar-refractivity contribution in [2.24, 2.45) is 11.7 Å². The van der Waals surface area contributed by atoms with Crippen molar-refractivity contribution in [1.82, 2.24) is 0 Å². The Morgan fingerprint density at radius 1 is 1.31 bits per heavy atom. The fourth-order valence-electron chi connectivity index (χ4n) is 1.91. The Morgan fingerprint density at radius 3 is 2.50 bits per heavy atom. The molecule has 0 aliphatic heterocycles. The van der Waals surface area contributed by atoms with Crippen molar-refractivity contribution in [2.75, 3.05) is 0 Å². The van der Waals surface area contributed by atoms with Crippen molar-refractivity contribution >= 4 is 34.2 Å². The van der Waals surface area contributed by atoms with Crippen LogP contribution in [0.25, 0.3) is 0 Å². The molecular formula is C13H19ClIN. The fourth-order valence-corrected chi connectivity index (χ4v) is 2.82. The van der Waals surface area contributed by atoms with Gasteiger partial charge in [-0.3, -0.25) is 0 Å². The van der Waals surface area contributed by atoms with Crippen LogP contribution in [0.2, 0.25) is 5.02 Å². The first-order valence-electron chi connectivity index (χ1n) is 5.79. The van der Waals surface area contributed by atoms with Crippen LogP contribution in [0, 0.1) is 9.49 Å². The van der Waals surface area contributed by atoms with Gasteiger partial charge in [0, 0.05) is 14.6 Å². The number of rotatable bonds is 5. The van der Waals surface area contributed by atoms with E-state index < -0.39 is 0 Å². The van der Waals surface area contributed by atoms with Crippen molar-refractivity contribution in [3.63, 3.8) is 0 Å². The highest BCUT2D eigenvalue weighted by atomic mass is 127. The van der Waals surface area contributed by atoms with Crippen LogP contribution in [-0.2, 0) is 0 Å². The molecule has 1 aromatic rings. The van der Waals surface area contributed by atoms with Gasteiger partial charge in [0.25, 0.3) is 0 Å². The zero-order valence-corrected chi connectivity index (χ0v) is 12.8. The quantitative estimate of drug-likeness (QED) is 0.760. The van der Waals surface area contributed by atoms with E-state index in [4.69, 9.17) is 17.3 Å². The average Bonchev–Trinajstić information content (AvgIpc) is 2.28. The van der Waals surface area contributed by atoms with E-state index in [0.717, 1.165) is 11.4 Å². The predicted molar refractivity (Wildman–Crippen MR) is 79.8 cm³/mol. The Bertz CT molecular complexity index is 337. The lowest BCUT2D eigenvalue weighted by atomic mass is 9.92. The first kappa shape index (κ1) is 14.3. The summed E-state index contributed by atoms with van der Waals surface area (Å²) < 4.78 is 1.21. The van der Waals surface area contributed by atoms with Crippen LogP contribution in [0.15, 0.2) is 18.2 Å². The highest BCUT2D eigenvalue weighted by Gasteiger charge is 2.14. The Balaban J connectivity index is 2.79. The molecule has 0 radical (unpaired) electrons. The third kappa shape index (κ3) is 3.90. The van der Waals surface area contributed by atoms with E-state index in [9.17, 15) is 0 Å². The maximum Gasteiger partial charge on any atom is 0.0410 e. The molecule has 1 nitrogen and oxygen atoms in total. The molecule has 0 aliphatic rings. The normalized spacial score (nSPS) is 13.1. The summed E-state index contributed by atoms with van der Waals surface area (Å²) in [4.78, 5) is 0. The molecule has 0 heterocycles. The Kier molecular flexibility index (Phi) is 6.08. The first-order valence-corrected chi connectivity index (χ1v) is 7.24. The summed E-state index contributed by atoms with van der Waals surface area (Å²) in [5.74, 6) is 0.713. The Hall–Kier alpha value is 0.200. The van der Waals surface area contributed by atoms with Crippen LogP contribution >= 0.6 is 34.2 Å². The molecule has 0 spiro atoms. The van der Waals surface area contributed by atoms with Crippen LogP contribution in [0.3, 0.4) is 0 Å². The Morgan fingerprint density at radius 2 is 1.94 bits per heavy atom. The standard InChI is InChI=1S/C13H19ClIN/c1-3-9(4-2)7-13(16)11-8-10(14)5-6-12(11)15/h5-6,8-9,13H,3-4,7,16H2,1-2H3. The van der Waals surface area contributed by atoms with Crippen LogP contribution < -0.4 is 5.73 Å².